The molecule has 0 N–H and O–H groups in total. The molecule has 1 unspecified atom stereocenters. The highest BCUT2D eigenvalue weighted by molar-refractivity contribution is 14.1. The van der Waals surface area contributed by atoms with Gasteiger partial charge in [-0.1, -0.05) is 24.3 Å². The Hall–Kier alpha value is -3.49. The second-order valence-electron chi connectivity index (χ2n) is 11.8. The predicted molar refractivity (Wildman–Crippen MR) is 207 cm³/mol. The third kappa shape index (κ3) is 8.38. The van der Waals surface area contributed by atoms with Crippen LogP contribution >= 0.6 is 45.2 Å². The van der Waals surface area contributed by atoms with Crippen LogP contribution in [-0.4, -0.2) is 54.4 Å². The molecule has 0 bridgehead atoms. The van der Waals surface area contributed by atoms with Crippen molar-refractivity contribution in [3.05, 3.63) is 96.6 Å². The summed E-state index contributed by atoms with van der Waals surface area (Å²) in [5.41, 5.74) is 2.86. The van der Waals surface area contributed by atoms with Crippen LogP contribution < -0.4 is 18.9 Å². The molecule has 254 valence electrons. The molecule has 5 aromatic rings. The van der Waals surface area contributed by atoms with Crippen molar-refractivity contribution < 1.29 is 38.0 Å². The van der Waals surface area contributed by atoms with Crippen molar-refractivity contribution in [2.45, 2.75) is 32.3 Å². The minimum atomic E-state index is -0.637. The van der Waals surface area contributed by atoms with Crippen LogP contribution in [0.1, 0.15) is 43.4 Å². The minimum absolute atomic E-state index is 0.131. The van der Waals surface area contributed by atoms with Crippen LogP contribution in [0.25, 0.3) is 21.5 Å². The molecule has 1 aliphatic rings. The Morgan fingerprint density at radius 1 is 0.708 bits per heavy atom. The second-order valence-corrected chi connectivity index (χ2v) is 14.2. The van der Waals surface area contributed by atoms with Gasteiger partial charge in [-0.25, -0.2) is 4.79 Å². The fraction of sp³-hybridized carbons (Fsp3) is 0.289. The smallest absolute Gasteiger partial charge is 0.497 e. The average Bonchev–Trinajstić information content (AvgIpc) is 3.06. The molecule has 5 aromatic carbocycles. The fourth-order valence-electron chi connectivity index (χ4n) is 5.48. The summed E-state index contributed by atoms with van der Waals surface area (Å²) in [5, 5.41) is 4.44. The van der Waals surface area contributed by atoms with Crippen LogP contribution in [0.2, 0.25) is 0 Å². The summed E-state index contributed by atoms with van der Waals surface area (Å²) in [6.45, 7) is 5.35. The lowest BCUT2D eigenvalue weighted by Crippen LogP contribution is -2.23. The van der Waals surface area contributed by atoms with Crippen LogP contribution in [0, 0.1) is 7.14 Å². The molecule has 48 heavy (non-hydrogen) atoms. The molecule has 0 aliphatic carbocycles. The number of methoxy groups -OCH3 is 5. The summed E-state index contributed by atoms with van der Waals surface area (Å²) in [4.78, 5) is 10.4. The summed E-state index contributed by atoms with van der Waals surface area (Å²) >= 11 is 4.76. The van der Waals surface area contributed by atoms with Crippen molar-refractivity contribution in [3.63, 3.8) is 0 Å². The molecule has 0 fully saturated rings. The number of rotatable bonds is 4. The molecule has 0 saturated heterocycles. The standard InChI is InChI=1S/C30H22I2O4.C6H12O3.C2H6O/c1-33-19-8-4-16-6-10-25(35-3)27(21(16)14-19)29-23-12-18(31)13-24(32)30(23)36-26-11-7-17-5-9-20(34-2)15-22(17)28(26)29;1-6(2,3)9-5(7)8-4;1-3-2/h4-15,29H,1-3H3;1-4H3;1-2H3. The highest BCUT2D eigenvalue weighted by atomic mass is 127. The Bertz CT molecular complexity index is 1910. The topological polar surface area (TPSA) is 81.7 Å². The summed E-state index contributed by atoms with van der Waals surface area (Å²) < 4.78 is 39.4. The van der Waals surface area contributed by atoms with Gasteiger partial charge in [0.1, 0.15) is 34.3 Å². The van der Waals surface area contributed by atoms with E-state index in [0.29, 0.717) is 0 Å². The zero-order chi connectivity index (χ0) is 35.2. The maximum atomic E-state index is 10.4. The largest absolute Gasteiger partial charge is 0.508 e. The van der Waals surface area contributed by atoms with Gasteiger partial charge in [0, 0.05) is 40.4 Å². The van der Waals surface area contributed by atoms with E-state index in [1.54, 1.807) is 56.3 Å². The molecular weight excluding hydrogens is 838 g/mol. The Labute approximate surface area is 309 Å². The van der Waals surface area contributed by atoms with E-state index in [4.69, 9.17) is 23.7 Å². The molecule has 0 amide bonds. The zero-order valence-corrected chi connectivity index (χ0v) is 32.8. The lowest BCUT2D eigenvalue weighted by atomic mass is 9.78. The average molecular weight is 879 g/mol. The SMILES string of the molecule is COC.COC(=O)OC(C)(C)C.COc1ccc2ccc(OC)c(C3c4cc(I)cc(I)c4Oc4ccc5ccc(OC)cc5c43)c2c1. The molecule has 0 aromatic heterocycles. The van der Waals surface area contributed by atoms with E-state index >= 15 is 0 Å². The third-order valence-corrected chi connectivity index (χ3v) is 8.80. The molecule has 1 aliphatic heterocycles. The van der Waals surface area contributed by atoms with Gasteiger partial charge in [0.15, 0.2) is 0 Å². The number of carbonyl (C=O) groups excluding carboxylic acids is 1. The number of benzene rings is 5. The van der Waals surface area contributed by atoms with Gasteiger partial charge in [0.2, 0.25) is 0 Å². The molecule has 10 heteroatoms. The van der Waals surface area contributed by atoms with Gasteiger partial charge >= 0.3 is 6.16 Å². The second kappa shape index (κ2) is 16.3. The molecule has 8 nitrogen and oxygen atoms in total. The first-order valence-corrected chi connectivity index (χ1v) is 17.1. The Morgan fingerprint density at radius 3 is 1.75 bits per heavy atom. The number of fused-ring (bicyclic) bond motifs is 5. The van der Waals surface area contributed by atoms with Gasteiger partial charge in [0.25, 0.3) is 0 Å². The molecule has 6 rings (SSSR count). The molecule has 1 heterocycles. The lowest BCUT2D eigenvalue weighted by molar-refractivity contribution is 0.00340. The first-order valence-electron chi connectivity index (χ1n) is 15.0. The lowest BCUT2D eigenvalue weighted by Gasteiger charge is -2.32. The van der Waals surface area contributed by atoms with Gasteiger partial charge < -0.3 is 33.2 Å². The number of hydrogen-bond acceptors (Lipinski definition) is 8. The van der Waals surface area contributed by atoms with Crippen molar-refractivity contribution in [1.82, 2.24) is 0 Å². The maximum Gasteiger partial charge on any atom is 0.508 e. The highest BCUT2D eigenvalue weighted by Gasteiger charge is 2.35. The highest BCUT2D eigenvalue weighted by Crippen LogP contribution is 2.55. The number of carbonyl (C=O) groups is 1. The monoisotopic (exact) mass is 878 g/mol. The third-order valence-electron chi connectivity index (χ3n) is 7.37. The van der Waals surface area contributed by atoms with Gasteiger partial charge in [-0.15, -0.1) is 0 Å². The van der Waals surface area contributed by atoms with E-state index in [9.17, 15) is 4.79 Å². The van der Waals surface area contributed by atoms with Gasteiger partial charge in [-0.3, -0.25) is 0 Å². The van der Waals surface area contributed by atoms with Crippen LogP contribution in [-0.2, 0) is 14.2 Å². The van der Waals surface area contributed by atoms with E-state index in [1.165, 1.54) is 7.11 Å². The van der Waals surface area contributed by atoms with Crippen LogP contribution in [0.15, 0.2) is 72.8 Å². The van der Waals surface area contributed by atoms with E-state index in [0.717, 1.165) is 74.1 Å². The van der Waals surface area contributed by atoms with Gasteiger partial charge in [-0.2, -0.15) is 0 Å². The Morgan fingerprint density at radius 2 is 1.25 bits per heavy atom. The van der Waals surface area contributed by atoms with E-state index in [2.05, 4.69) is 115 Å². The first kappa shape index (κ1) is 37.3. The van der Waals surface area contributed by atoms with Crippen LogP contribution in [0.4, 0.5) is 4.79 Å². The Balaban J connectivity index is 0.000000374. The molecule has 0 saturated carbocycles. The fourth-order valence-corrected chi connectivity index (χ4v) is 7.48. The number of hydrogen-bond donors (Lipinski definition) is 0. The quantitative estimate of drug-likeness (QED) is 0.128. The number of ether oxygens (including phenoxy) is 7. The van der Waals surface area contributed by atoms with E-state index in [1.807, 2.05) is 12.1 Å². The molecule has 0 spiro atoms. The van der Waals surface area contributed by atoms with E-state index < -0.39 is 11.8 Å². The van der Waals surface area contributed by atoms with Crippen LogP contribution in [0.3, 0.4) is 0 Å². The maximum absolute atomic E-state index is 10.4. The summed E-state index contributed by atoms with van der Waals surface area (Å²) in [6.07, 6.45) is -0.637. The predicted octanol–water partition coefficient (Wildman–Crippen LogP) is 10.3. The summed E-state index contributed by atoms with van der Waals surface area (Å²) in [6, 6.07) is 25.1. The molecule has 0 radical (unpaired) electrons. The minimum Gasteiger partial charge on any atom is -0.497 e. The van der Waals surface area contributed by atoms with Crippen LogP contribution in [0.5, 0.6) is 28.7 Å². The van der Waals surface area contributed by atoms with Gasteiger partial charge in [0.05, 0.1) is 32.0 Å². The van der Waals surface area contributed by atoms with E-state index in [-0.39, 0.29) is 5.92 Å². The van der Waals surface area contributed by atoms with Crippen molar-refractivity contribution in [3.8, 4) is 28.7 Å². The molecular formula is C38H40I2O8. The molecule has 1 atom stereocenters. The Kier molecular flexibility index (Phi) is 12.7. The summed E-state index contributed by atoms with van der Waals surface area (Å²) in [7, 11) is 9.67. The number of halogens is 2. The summed E-state index contributed by atoms with van der Waals surface area (Å²) in [5.74, 6) is 4.04. The zero-order valence-electron chi connectivity index (χ0n) is 28.5. The first-order chi connectivity index (χ1) is 22.9. The van der Waals surface area contributed by atoms with Crippen molar-refractivity contribution in [2.75, 3.05) is 42.7 Å². The van der Waals surface area contributed by atoms with Crippen molar-refractivity contribution in [2.24, 2.45) is 0 Å². The van der Waals surface area contributed by atoms with Crippen molar-refractivity contribution >= 4 is 72.9 Å². The normalized spacial score (nSPS) is 13.0. The van der Waals surface area contributed by atoms with Crippen molar-refractivity contribution in [1.29, 1.82) is 0 Å². The van der Waals surface area contributed by atoms with Gasteiger partial charge in [-0.05, 0) is 136 Å².